The molecule has 2 fully saturated rings. The minimum Gasteiger partial charge on any atom is -0.479 e. The van der Waals surface area contributed by atoms with Crippen molar-refractivity contribution in [3.05, 3.63) is 29.3 Å². The van der Waals surface area contributed by atoms with Crippen molar-refractivity contribution in [3.8, 4) is 5.75 Å². The van der Waals surface area contributed by atoms with Gasteiger partial charge < -0.3 is 19.5 Å². The molecule has 3 rings (SSSR count). The molecule has 52 heavy (non-hydrogen) atoms. The van der Waals surface area contributed by atoms with Gasteiger partial charge in [-0.1, -0.05) is 83.6 Å². The quantitative estimate of drug-likeness (QED) is 0.112. The van der Waals surface area contributed by atoms with E-state index in [2.05, 4.69) is 11.7 Å². The molecule has 1 spiro atoms. The van der Waals surface area contributed by atoms with Crippen LogP contribution in [0.4, 0.5) is 44.3 Å². The van der Waals surface area contributed by atoms with Crippen molar-refractivity contribution in [3.63, 3.8) is 0 Å². The van der Waals surface area contributed by atoms with Gasteiger partial charge in [-0.2, -0.15) is 39.5 Å². The number of halogens is 9. The number of rotatable bonds is 19. The molecule has 1 N–H and O–H groups in total. The Morgan fingerprint density at radius 2 is 1.33 bits per heavy atom. The summed E-state index contributed by atoms with van der Waals surface area (Å²) in [5.74, 6) is -1.53. The van der Waals surface area contributed by atoms with E-state index in [-0.39, 0.29) is 44.6 Å². The van der Waals surface area contributed by atoms with Crippen LogP contribution in [0.2, 0.25) is 0 Å². The average molecular weight is 763 g/mol. The van der Waals surface area contributed by atoms with Gasteiger partial charge in [0.15, 0.2) is 6.10 Å². The van der Waals surface area contributed by atoms with Gasteiger partial charge in [-0.15, -0.1) is 0 Å². The van der Waals surface area contributed by atoms with E-state index in [0.717, 1.165) is 49.1 Å². The number of carboxylic acids is 1. The van der Waals surface area contributed by atoms with E-state index in [9.17, 15) is 54.2 Å². The number of unbranched alkanes of at least 4 members (excludes halogenated alkanes) is 11. The molecule has 2 aliphatic rings. The molecule has 1 atom stereocenters. The van der Waals surface area contributed by atoms with Crippen LogP contribution in [-0.2, 0) is 22.3 Å². The number of hydrogen-bond donors (Lipinski definition) is 1. The summed E-state index contributed by atoms with van der Waals surface area (Å²) in [6, 6.07) is 2.89. The van der Waals surface area contributed by atoms with Gasteiger partial charge in [0, 0.05) is 30.7 Å². The third kappa shape index (κ3) is 13.2. The summed E-state index contributed by atoms with van der Waals surface area (Å²) in [4.78, 5) is 27.2. The molecule has 7 nitrogen and oxygen atoms in total. The molecule has 298 valence electrons. The first-order chi connectivity index (χ1) is 24.4. The summed E-state index contributed by atoms with van der Waals surface area (Å²) in [6.45, 7) is 2.30. The van der Waals surface area contributed by atoms with Crippen molar-refractivity contribution in [2.75, 3.05) is 19.6 Å². The van der Waals surface area contributed by atoms with Crippen molar-refractivity contribution in [2.24, 2.45) is 0 Å². The fourth-order valence-electron chi connectivity index (χ4n) is 7.14. The summed E-state index contributed by atoms with van der Waals surface area (Å²) in [7, 11) is 0. The van der Waals surface area contributed by atoms with E-state index in [0.29, 0.717) is 31.4 Å². The van der Waals surface area contributed by atoms with Gasteiger partial charge >= 0.3 is 30.6 Å². The van der Waals surface area contributed by atoms with Crippen LogP contribution in [0.25, 0.3) is 0 Å². The number of nitrogens with zero attached hydrogens (tertiary/aromatic N) is 2. The highest BCUT2D eigenvalue weighted by molar-refractivity contribution is 5.72. The number of alkyl halides is 9. The summed E-state index contributed by atoms with van der Waals surface area (Å²) < 4.78 is 128. The minimum atomic E-state index is -5.85. The van der Waals surface area contributed by atoms with Crippen molar-refractivity contribution in [2.45, 2.75) is 159 Å². The second-order valence-electron chi connectivity index (χ2n) is 14.0. The molecule has 0 aliphatic carbocycles. The van der Waals surface area contributed by atoms with E-state index >= 15 is 0 Å². The number of amides is 1. The van der Waals surface area contributed by atoms with Gasteiger partial charge in [-0.3, -0.25) is 4.90 Å². The highest BCUT2D eigenvalue weighted by atomic mass is 19.4. The molecule has 2 aliphatic heterocycles. The number of carbonyl (C=O) groups is 2. The largest absolute Gasteiger partial charge is 0.479 e. The van der Waals surface area contributed by atoms with Gasteiger partial charge in [0.25, 0.3) is 6.10 Å². The average Bonchev–Trinajstić information content (AvgIpc) is 3.43. The number of ether oxygens (including phenoxy) is 2. The lowest BCUT2D eigenvalue weighted by molar-refractivity contribution is -0.308. The second kappa shape index (κ2) is 19.4. The highest BCUT2D eigenvalue weighted by Gasteiger charge is 2.60. The molecule has 16 heteroatoms. The van der Waals surface area contributed by atoms with E-state index < -0.39 is 53.9 Å². The molecule has 1 amide bonds. The fourth-order valence-corrected chi connectivity index (χ4v) is 7.14. The second-order valence-corrected chi connectivity index (χ2v) is 14.0. The van der Waals surface area contributed by atoms with Crippen LogP contribution in [0, 0.1) is 0 Å². The van der Waals surface area contributed by atoms with Crippen LogP contribution in [0.5, 0.6) is 5.75 Å². The lowest BCUT2D eigenvalue weighted by Gasteiger charge is -2.45. The Morgan fingerprint density at radius 3 is 1.83 bits per heavy atom. The summed E-state index contributed by atoms with van der Waals surface area (Å²) in [5, 5.41) is 9.90. The Balaban J connectivity index is 1.61. The maximum atomic E-state index is 13.7. The van der Waals surface area contributed by atoms with Gasteiger partial charge in [-0.25, -0.2) is 9.59 Å². The normalized spacial score (nSPS) is 17.6. The Morgan fingerprint density at radius 1 is 0.788 bits per heavy atom. The van der Waals surface area contributed by atoms with Crippen LogP contribution >= 0.6 is 0 Å². The van der Waals surface area contributed by atoms with Crippen LogP contribution < -0.4 is 4.74 Å². The van der Waals surface area contributed by atoms with Gasteiger partial charge in [0.05, 0.1) is 5.56 Å². The molecule has 0 bridgehead atoms. The standard InChI is InChI=1S/C36H51F9N2O5/c1-2-3-4-5-6-7-8-9-10-11-12-13-15-28(30(48)49)51-29-24-27(34(37,38)39)17-16-26(29)25-47-21-14-18-33(47)19-22-46(23-20-33)32(50)52-31(35(40,41)42)36(43,44)45/h16-17,24,28,31H,2-15,18-23,25H2,1H3,(H,48,49). The maximum Gasteiger partial charge on any atom is 0.434 e. The van der Waals surface area contributed by atoms with Crippen LogP contribution in [0.1, 0.15) is 127 Å². The van der Waals surface area contributed by atoms with Crippen LogP contribution in [0.15, 0.2) is 18.2 Å². The summed E-state index contributed by atoms with van der Waals surface area (Å²) in [5.41, 5.74) is -1.36. The molecule has 0 radical (unpaired) electrons. The first-order valence-corrected chi connectivity index (χ1v) is 18.3. The number of carboxylic acid groups (broad SMARTS) is 1. The number of hydrogen-bond acceptors (Lipinski definition) is 5. The Hall–Kier alpha value is -2.91. The molecular weight excluding hydrogens is 711 g/mol. The molecule has 1 aromatic rings. The first kappa shape index (κ1) is 43.5. The smallest absolute Gasteiger partial charge is 0.434 e. The van der Waals surface area contributed by atoms with E-state index in [4.69, 9.17) is 4.74 Å². The van der Waals surface area contributed by atoms with Crippen molar-refractivity contribution < 1.29 is 63.7 Å². The van der Waals surface area contributed by atoms with Crippen molar-refractivity contribution >= 4 is 12.1 Å². The SMILES string of the molecule is CCCCCCCCCCCCCCC(Oc1cc(C(F)(F)F)ccc1CN1CCCC12CCN(C(=O)OC(C(F)(F)F)C(F)(F)F)CC2)C(=O)O. The lowest BCUT2D eigenvalue weighted by atomic mass is 9.84. The Kier molecular flexibility index (Phi) is 16.2. The van der Waals surface area contributed by atoms with Crippen LogP contribution in [0.3, 0.4) is 0 Å². The molecule has 0 saturated carbocycles. The molecule has 1 aromatic carbocycles. The van der Waals surface area contributed by atoms with Crippen molar-refractivity contribution in [1.82, 2.24) is 9.80 Å². The van der Waals surface area contributed by atoms with Gasteiger partial charge in [0.1, 0.15) is 5.75 Å². The zero-order valence-electron chi connectivity index (χ0n) is 29.6. The number of piperidine rings is 1. The number of likely N-dealkylation sites (tertiary alicyclic amines) is 2. The van der Waals surface area contributed by atoms with Crippen LogP contribution in [-0.4, -0.2) is 76.7 Å². The molecule has 0 aromatic heterocycles. The molecule has 1 unspecified atom stereocenters. The number of benzene rings is 1. The fraction of sp³-hybridized carbons (Fsp3) is 0.778. The topological polar surface area (TPSA) is 79.3 Å². The number of aliphatic carboxylic acids is 1. The third-order valence-electron chi connectivity index (χ3n) is 10.1. The number of carbonyl (C=O) groups excluding carboxylic acids is 1. The van der Waals surface area contributed by atoms with Crippen molar-refractivity contribution in [1.29, 1.82) is 0 Å². The zero-order chi connectivity index (χ0) is 38.6. The van der Waals surface area contributed by atoms with Gasteiger partial charge in [-0.05, 0) is 57.2 Å². The van der Waals surface area contributed by atoms with E-state index in [1.54, 1.807) is 0 Å². The minimum absolute atomic E-state index is 0.0487. The Labute approximate surface area is 299 Å². The molecule has 2 saturated heterocycles. The first-order valence-electron chi connectivity index (χ1n) is 18.3. The molecular formula is C36H51F9N2O5. The summed E-state index contributed by atoms with van der Waals surface area (Å²) in [6.07, 6.45) is -9.31. The van der Waals surface area contributed by atoms with E-state index in [1.807, 2.05) is 4.90 Å². The van der Waals surface area contributed by atoms with Gasteiger partial charge in [0.2, 0.25) is 0 Å². The van der Waals surface area contributed by atoms with E-state index in [1.165, 1.54) is 44.6 Å². The maximum absolute atomic E-state index is 13.7. The Bertz CT molecular complexity index is 1250. The lowest BCUT2D eigenvalue weighted by Crippen LogP contribution is -2.54. The summed E-state index contributed by atoms with van der Waals surface area (Å²) >= 11 is 0. The monoisotopic (exact) mass is 762 g/mol. The zero-order valence-corrected chi connectivity index (χ0v) is 29.6. The third-order valence-corrected chi connectivity index (χ3v) is 10.1. The molecule has 2 heterocycles. The predicted octanol–water partition coefficient (Wildman–Crippen LogP) is 10.7. The predicted molar refractivity (Wildman–Crippen MR) is 175 cm³/mol. The highest BCUT2D eigenvalue weighted by Crippen LogP contribution is 2.42.